The van der Waals surface area contributed by atoms with Gasteiger partial charge in [0.25, 0.3) is 0 Å². The van der Waals surface area contributed by atoms with Crippen molar-refractivity contribution in [2.24, 2.45) is 5.92 Å². The maximum absolute atomic E-state index is 2.55. The molecule has 3 heteroatoms. The lowest BCUT2D eigenvalue weighted by Gasteiger charge is -2.42. The zero-order chi connectivity index (χ0) is 14.4. The Kier molecular flexibility index (Phi) is 7.43. The molecular weight excluding hydrogens is 246 g/mol. The molecule has 0 radical (unpaired) electrons. The summed E-state index contributed by atoms with van der Waals surface area (Å²) in [6, 6.07) is 0. The van der Waals surface area contributed by atoms with Gasteiger partial charge in [-0.15, -0.1) is 0 Å². The van der Waals surface area contributed by atoms with Crippen LogP contribution in [0.1, 0.15) is 85.0 Å². The van der Waals surface area contributed by atoms with Crippen molar-refractivity contribution in [3.05, 3.63) is 0 Å². The smallest absolute Gasteiger partial charge is 0.122 e. The van der Waals surface area contributed by atoms with Gasteiger partial charge in [-0.3, -0.25) is 0 Å². The third-order valence-electron chi connectivity index (χ3n) is 4.71. The van der Waals surface area contributed by atoms with Crippen LogP contribution in [0.25, 0.3) is 0 Å². The van der Waals surface area contributed by atoms with E-state index in [0.29, 0.717) is 9.29 Å². The largest absolute Gasteiger partial charge is 0.166 e. The van der Waals surface area contributed by atoms with Gasteiger partial charge in [0.15, 0.2) is 0 Å². The summed E-state index contributed by atoms with van der Waals surface area (Å²) in [6.07, 6.45) is 14.2. The van der Waals surface area contributed by atoms with Crippen LogP contribution in [-0.2, 0) is 0 Å². The number of rotatable bonds is 8. The summed E-state index contributed by atoms with van der Waals surface area (Å²) in [4.78, 5) is 0. The molecule has 1 aliphatic rings. The summed E-state index contributed by atoms with van der Waals surface area (Å²) < 4.78 is 1.09. The molecule has 19 heavy (non-hydrogen) atoms. The molecule has 1 fully saturated rings. The van der Waals surface area contributed by atoms with Crippen LogP contribution in [0.15, 0.2) is 0 Å². The molecule has 0 heterocycles. The van der Waals surface area contributed by atoms with Gasteiger partial charge < -0.3 is 0 Å². The first kappa shape index (κ1) is 17.5. The first-order valence-corrected chi connectivity index (χ1v) is 9.41. The zero-order valence-corrected chi connectivity index (χ0v) is 14.9. The Bertz CT molecular complexity index is 249. The first-order chi connectivity index (χ1) is 8.89. The zero-order valence-electron chi connectivity index (χ0n) is 14.1. The fourth-order valence-corrected chi connectivity index (χ4v) is 5.52. The number of hydrogen-bond acceptors (Lipinski definition) is 1. The van der Waals surface area contributed by atoms with Gasteiger partial charge in [0.05, 0.1) is 0 Å². The van der Waals surface area contributed by atoms with E-state index in [1.807, 2.05) is 0 Å². The van der Waals surface area contributed by atoms with E-state index in [9.17, 15) is 0 Å². The minimum absolute atomic E-state index is 0.520. The average Bonchev–Trinajstić information content (AvgIpc) is 2.34. The molecule has 0 nitrogen and oxygen atoms in total. The predicted molar refractivity (Wildman–Crippen MR) is 96.8 cm³/mol. The summed E-state index contributed by atoms with van der Waals surface area (Å²) in [5.74, 6) is 0.848. The Morgan fingerprint density at radius 1 is 1.16 bits per heavy atom. The van der Waals surface area contributed by atoms with E-state index in [2.05, 4.69) is 48.2 Å². The maximum atomic E-state index is 2.55. The van der Waals surface area contributed by atoms with Crippen molar-refractivity contribution in [1.29, 1.82) is 0 Å². The van der Waals surface area contributed by atoms with Crippen LogP contribution in [0.5, 0.6) is 0 Å². The van der Waals surface area contributed by atoms with Gasteiger partial charge >= 0.3 is 0 Å². The van der Waals surface area contributed by atoms with Crippen molar-refractivity contribution in [1.82, 2.24) is 0 Å². The van der Waals surface area contributed by atoms with Crippen LogP contribution in [0.3, 0.4) is 0 Å². The second kappa shape index (κ2) is 8.05. The molecule has 0 saturated heterocycles. The molecule has 0 N–H and O–H groups in total. The van der Waals surface area contributed by atoms with Crippen LogP contribution in [0, 0.1) is 5.92 Å². The standard InChI is InChI=1S/C16H34B2S/c1-4-5-10-16(18,13-9-14(2)3)19-15(17)11-7-6-8-12-15/h14H,4-13,17-18H2,1-3H3. The second-order valence-electron chi connectivity index (χ2n) is 7.60. The topological polar surface area (TPSA) is 0 Å². The van der Waals surface area contributed by atoms with E-state index in [1.165, 1.54) is 64.2 Å². The Morgan fingerprint density at radius 2 is 1.79 bits per heavy atom. The molecule has 0 aromatic heterocycles. The van der Waals surface area contributed by atoms with Gasteiger partial charge in [-0.25, -0.2) is 0 Å². The van der Waals surface area contributed by atoms with E-state index in [1.54, 1.807) is 0 Å². The molecule has 1 unspecified atom stereocenters. The molecule has 0 bridgehead atoms. The van der Waals surface area contributed by atoms with Gasteiger partial charge in [0.1, 0.15) is 15.7 Å². The Labute approximate surface area is 128 Å². The highest BCUT2D eigenvalue weighted by atomic mass is 32.2. The van der Waals surface area contributed by atoms with Crippen LogP contribution < -0.4 is 0 Å². The Balaban J connectivity index is 2.60. The van der Waals surface area contributed by atoms with Crippen molar-refractivity contribution < 1.29 is 0 Å². The lowest BCUT2D eigenvalue weighted by atomic mass is 9.74. The van der Waals surface area contributed by atoms with E-state index in [4.69, 9.17) is 0 Å². The Hall–Kier alpha value is 0.480. The Morgan fingerprint density at radius 3 is 2.32 bits per heavy atom. The number of unbranched alkanes of at least 4 members (excludes halogenated alkanes) is 1. The van der Waals surface area contributed by atoms with Crippen LogP contribution >= 0.6 is 11.8 Å². The fourth-order valence-electron chi connectivity index (χ4n) is 3.37. The average molecular weight is 280 g/mol. The molecule has 1 rings (SSSR count). The third-order valence-corrected chi connectivity index (χ3v) is 6.52. The monoisotopic (exact) mass is 280 g/mol. The van der Waals surface area contributed by atoms with Gasteiger partial charge in [-0.2, -0.15) is 11.8 Å². The molecule has 1 aliphatic carbocycles. The summed E-state index contributed by atoms with van der Waals surface area (Å²) in [7, 11) is 5.09. The fraction of sp³-hybridized carbons (Fsp3) is 1.00. The summed E-state index contributed by atoms with van der Waals surface area (Å²) >= 11 is 2.35. The first-order valence-electron chi connectivity index (χ1n) is 8.59. The van der Waals surface area contributed by atoms with Crippen LogP contribution in [0.2, 0.25) is 0 Å². The predicted octanol–water partition coefficient (Wildman–Crippen LogP) is 3.97. The van der Waals surface area contributed by atoms with Crippen molar-refractivity contribution in [3.63, 3.8) is 0 Å². The summed E-state index contributed by atoms with van der Waals surface area (Å²) in [5, 5.41) is 0. The lowest BCUT2D eigenvalue weighted by Crippen LogP contribution is -2.38. The van der Waals surface area contributed by atoms with Crippen molar-refractivity contribution >= 4 is 27.5 Å². The third kappa shape index (κ3) is 6.65. The van der Waals surface area contributed by atoms with Gasteiger partial charge in [0.2, 0.25) is 0 Å². The minimum atomic E-state index is 0.520. The molecule has 1 saturated carbocycles. The molecule has 0 aliphatic heterocycles. The normalized spacial score (nSPS) is 22.3. The SMILES string of the molecule is BC1(SC(B)(CCCC)CCC(C)C)CCCCC1. The highest BCUT2D eigenvalue weighted by Gasteiger charge is 2.36. The molecule has 110 valence electrons. The molecule has 1 atom stereocenters. The second-order valence-corrected chi connectivity index (χ2v) is 9.77. The molecule has 0 spiro atoms. The van der Waals surface area contributed by atoms with Gasteiger partial charge in [0, 0.05) is 0 Å². The van der Waals surface area contributed by atoms with Crippen LogP contribution in [0.4, 0.5) is 0 Å². The van der Waals surface area contributed by atoms with Gasteiger partial charge in [-0.1, -0.05) is 59.3 Å². The van der Waals surface area contributed by atoms with Gasteiger partial charge in [-0.05, 0) is 40.9 Å². The maximum Gasteiger partial charge on any atom is 0.122 e. The minimum Gasteiger partial charge on any atom is -0.166 e. The van der Waals surface area contributed by atoms with E-state index in [0.717, 1.165) is 5.92 Å². The van der Waals surface area contributed by atoms with Crippen molar-refractivity contribution in [2.45, 2.75) is 94.3 Å². The highest BCUT2D eigenvalue weighted by Crippen LogP contribution is 2.46. The highest BCUT2D eigenvalue weighted by molar-refractivity contribution is 8.04. The molecular formula is C16H34B2S. The quantitative estimate of drug-likeness (QED) is 0.606. The van der Waals surface area contributed by atoms with Crippen LogP contribution in [-0.4, -0.2) is 25.0 Å². The summed E-state index contributed by atoms with van der Waals surface area (Å²) in [5.41, 5.74) is 0. The molecule has 0 amide bonds. The van der Waals surface area contributed by atoms with E-state index < -0.39 is 0 Å². The van der Waals surface area contributed by atoms with Crippen molar-refractivity contribution in [2.75, 3.05) is 0 Å². The van der Waals surface area contributed by atoms with E-state index >= 15 is 0 Å². The molecule has 0 aromatic carbocycles. The number of thioether (sulfide) groups is 1. The number of hydrogen-bond donors (Lipinski definition) is 0. The van der Waals surface area contributed by atoms with E-state index in [-0.39, 0.29) is 0 Å². The molecule has 0 aromatic rings. The summed E-state index contributed by atoms with van der Waals surface area (Å²) in [6.45, 7) is 7.07. The van der Waals surface area contributed by atoms with Crippen molar-refractivity contribution in [3.8, 4) is 0 Å². The lowest BCUT2D eigenvalue weighted by molar-refractivity contribution is 0.469.